The Morgan fingerprint density at radius 3 is 1.92 bits per heavy atom. The van der Waals surface area contributed by atoms with Gasteiger partial charge in [-0.15, -0.1) is 4.73 Å². The van der Waals surface area contributed by atoms with Crippen LogP contribution in [0.25, 0.3) is 0 Å². The lowest BCUT2D eigenvalue weighted by atomic mass is 9.44. The first-order valence-electron chi connectivity index (χ1n) is 24.5. The molecule has 1 aromatic heterocycles. The zero-order valence-electron chi connectivity index (χ0n) is 42.3. The molecule has 2 heterocycles. The van der Waals surface area contributed by atoms with E-state index in [4.69, 9.17) is 33.3 Å². The second-order valence-electron chi connectivity index (χ2n) is 20.1. The Balaban J connectivity index is 1.26. The molecule has 2 unspecified atom stereocenters. The van der Waals surface area contributed by atoms with Crippen molar-refractivity contribution in [3.05, 3.63) is 131 Å². The normalized spacial score (nSPS) is 28.0. The molecule has 2 bridgehead atoms. The Morgan fingerprint density at radius 2 is 1.36 bits per heavy atom. The van der Waals surface area contributed by atoms with Gasteiger partial charge in [-0.1, -0.05) is 80.6 Å². The number of amides is 1. The van der Waals surface area contributed by atoms with Crippen LogP contribution in [-0.4, -0.2) is 127 Å². The lowest BCUT2D eigenvalue weighted by molar-refractivity contribution is -0.346. The van der Waals surface area contributed by atoms with Gasteiger partial charge in [0.05, 0.1) is 42.4 Å². The third kappa shape index (κ3) is 9.80. The molecule has 21 heteroatoms. The maximum Gasteiger partial charge on any atom is 0.350 e. The zero-order valence-corrected chi connectivity index (χ0v) is 42.3. The summed E-state index contributed by atoms with van der Waals surface area (Å²) in [4.78, 5) is 118. The van der Waals surface area contributed by atoms with Gasteiger partial charge in [-0.05, 0) is 54.8 Å². The van der Waals surface area contributed by atoms with E-state index in [1.54, 1.807) is 54.6 Å². The van der Waals surface area contributed by atoms with Gasteiger partial charge in [-0.2, -0.15) is 0 Å². The van der Waals surface area contributed by atoms with Crippen LogP contribution >= 0.6 is 0 Å². The van der Waals surface area contributed by atoms with Crippen LogP contribution in [0.2, 0.25) is 0 Å². The molecule has 76 heavy (non-hydrogen) atoms. The molecule has 3 aliphatic carbocycles. The SMILES string of the molecule is CC(=O)O[C@H]1C(=O)[C@@]2(C)[C@H](C(OC(=O)c3ccccc3)[C@]3(O)CC(OC(=O)[C@H](OC(=O)CCC(=O)On4c(O)ccc4O)[C@@H](NC(=O)c4ccccc4)c4ccccc4)C(C)=C1C3(C)C)[C@]1(OC(C)=O)CO[C@@H]1C[C@@H]2O. The molecular weight excluding hydrogens is 993 g/mol. The molecule has 402 valence electrons. The summed E-state index contributed by atoms with van der Waals surface area (Å²) in [5.74, 6) is -11.1. The monoisotopic (exact) mass is 1050 g/mol. The van der Waals surface area contributed by atoms with E-state index >= 15 is 9.59 Å². The number of ether oxygens (including phenoxy) is 6. The number of hydrogen-bond donors (Lipinski definition) is 5. The summed E-state index contributed by atoms with van der Waals surface area (Å²) in [6, 6.07) is 23.9. The average molecular weight is 1050 g/mol. The molecule has 11 atom stereocenters. The van der Waals surface area contributed by atoms with Gasteiger partial charge in [0.2, 0.25) is 17.9 Å². The first kappa shape index (κ1) is 54.4. The van der Waals surface area contributed by atoms with Crippen LogP contribution < -0.4 is 10.2 Å². The van der Waals surface area contributed by atoms with Gasteiger partial charge in [-0.25, -0.2) is 14.4 Å². The van der Waals surface area contributed by atoms with Crippen molar-refractivity contribution in [2.45, 2.75) is 121 Å². The lowest BCUT2D eigenvalue weighted by Gasteiger charge is -2.67. The highest BCUT2D eigenvalue weighted by Crippen LogP contribution is 2.64. The molecule has 2 saturated carbocycles. The molecule has 21 nitrogen and oxygen atoms in total. The number of carbonyl (C=O) groups is 8. The summed E-state index contributed by atoms with van der Waals surface area (Å²) < 4.78 is 37.0. The summed E-state index contributed by atoms with van der Waals surface area (Å²) in [5, 5.41) is 48.9. The number of ketones is 1. The van der Waals surface area contributed by atoms with Crippen molar-refractivity contribution in [2.24, 2.45) is 16.7 Å². The second kappa shape index (κ2) is 21.0. The maximum atomic E-state index is 15.8. The number of hydrogen-bond acceptors (Lipinski definition) is 19. The van der Waals surface area contributed by atoms with Gasteiger partial charge in [0.15, 0.2) is 17.5 Å². The van der Waals surface area contributed by atoms with Crippen LogP contribution in [0.1, 0.15) is 99.5 Å². The topological polar surface area (TPSA) is 299 Å². The molecule has 4 aliphatic rings. The lowest BCUT2D eigenvalue weighted by Crippen LogP contribution is -2.82. The van der Waals surface area contributed by atoms with Gasteiger partial charge in [0, 0.05) is 49.8 Å². The van der Waals surface area contributed by atoms with Crippen molar-refractivity contribution >= 4 is 47.5 Å². The van der Waals surface area contributed by atoms with Crippen LogP contribution in [0.3, 0.4) is 0 Å². The zero-order chi connectivity index (χ0) is 55.1. The van der Waals surface area contributed by atoms with Gasteiger partial charge in [0.25, 0.3) is 5.91 Å². The third-order valence-corrected chi connectivity index (χ3v) is 15.2. The summed E-state index contributed by atoms with van der Waals surface area (Å²) >= 11 is 0. The van der Waals surface area contributed by atoms with Crippen LogP contribution in [0.5, 0.6) is 11.8 Å². The minimum absolute atomic E-state index is 0.00487. The summed E-state index contributed by atoms with van der Waals surface area (Å²) in [6.07, 6.45) is -12.9. The first-order valence-corrected chi connectivity index (χ1v) is 24.5. The second-order valence-corrected chi connectivity index (χ2v) is 20.1. The standard InChI is InChI=1S/C55H58N2O19/c1-29-35(72-51(68)45(73-40(63)24-25-41(64)76-57-38(61)22-23-39(57)62)43(32-16-10-7-11-17-32)56-49(66)33-18-12-8-13-19-33)27-55(69)48(74-50(67)34-20-14-9-15-21-34)46-53(6,36(60)26-37-54(46,28-70-37)75-31(3)59)47(65)44(71-30(2)58)42(29)52(55,4)5/h7-23,35-37,43-46,48,60-62,69H,24-28H2,1-6H3,(H,56,66)/t35?,36-,37+,43-,44+,45+,46-,48?,53+,54-,55+/m0/s1. The number of aliphatic hydroxyl groups is 2. The van der Waals surface area contributed by atoms with E-state index < -0.39 is 149 Å². The van der Waals surface area contributed by atoms with Crippen LogP contribution in [0, 0.1) is 16.7 Å². The molecule has 1 saturated heterocycles. The minimum atomic E-state index is -2.54. The molecule has 1 aliphatic heterocycles. The predicted octanol–water partition coefficient (Wildman–Crippen LogP) is 3.93. The average Bonchev–Trinajstić information content (AvgIpc) is 3.87. The fourth-order valence-corrected chi connectivity index (χ4v) is 11.3. The highest BCUT2D eigenvalue weighted by molar-refractivity contribution is 5.96. The fraction of sp³-hybridized carbons (Fsp3) is 0.418. The molecule has 0 spiro atoms. The summed E-state index contributed by atoms with van der Waals surface area (Å²) in [7, 11) is 0. The van der Waals surface area contributed by atoms with E-state index in [-0.39, 0.29) is 40.9 Å². The Morgan fingerprint density at radius 1 is 0.776 bits per heavy atom. The van der Waals surface area contributed by atoms with E-state index in [1.165, 1.54) is 64.1 Å². The van der Waals surface area contributed by atoms with Crippen molar-refractivity contribution in [1.82, 2.24) is 10.0 Å². The number of fused-ring (bicyclic) bond motifs is 5. The van der Waals surface area contributed by atoms with E-state index in [0.29, 0.717) is 4.73 Å². The Hall–Kier alpha value is -7.88. The van der Waals surface area contributed by atoms with Crippen LogP contribution in [-0.2, 0) is 57.2 Å². The molecular formula is C55H58N2O19. The maximum absolute atomic E-state index is 15.8. The number of esters is 5. The van der Waals surface area contributed by atoms with Gasteiger partial charge < -0.3 is 59.0 Å². The van der Waals surface area contributed by atoms with Crippen molar-refractivity contribution in [1.29, 1.82) is 0 Å². The molecule has 0 radical (unpaired) electrons. The number of nitrogens with zero attached hydrogens (tertiary/aromatic N) is 1. The Labute approximate surface area is 435 Å². The summed E-state index contributed by atoms with van der Waals surface area (Å²) in [5.41, 5.74) is -8.04. The Bertz CT molecular complexity index is 2940. The smallest absolute Gasteiger partial charge is 0.350 e. The molecule has 3 fully saturated rings. The van der Waals surface area contributed by atoms with Crippen molar-refractivity contribution in [2.75, 3.05) is 6.61 Å². The number of aliphatic hydroxyl groups excluding tert-OH is 1. The highest BCUT2D eigenvalue weighted by Gasteiger charge is 2.78. The number of benzene rings is 3. The molecule has 3 aromatic carbocycles. The van der Waals surface area contributed by atoms with Gasteiger partial charge >= 0.3 is 35.8 Å². The van der Waals surface area contributed by atoms with Crippen molar-refractivity contribution < 1.29 is 92.0 Å². The molecule has 1 amide bonds. The quantitative estimate of drug-likeness (QED) is 0.0640. The highest BCUT2D eigenvalue weighted by atomic mass is 16.7. The number of Topliss-reactive ketones (excluding diaryl/α,β-unsaturated/α-hetero) is 1. The van der Waals surface area contributed by atoms with Crippen molar-refractivity contribution in [3.8, 4) is 11.8 Å². The summed E-state index contributed by atoms with van der Waals surface area (Å²) in [6.45, 7) is 7.59. The van der Waals surface area contributed by atoms with E-state index in [0.717, 1.165) is 26.0 Å². The predicted molar refractivity (Wildman–Crippen MR) is 260 cm³/mol. The fourth-order valence-electron chi connectivity index (χ4n) is 11.3. The number of carbonyl (C=O) groups excluding carboxylic acids is 8. The molecule has 8 rings (SSSR count). The van der Waals surface area contributed by atoms with E-state index in [1.807, 2.05) is 0 Å². The number of nitrogens with one attached hydrogen (secondary N) is 1. The Kier molecular flexibility index (Phi) is 15.0. The van der Waals surface area contributed by atoms with E-state index in [9.17, 15) is 49.2 Å². The first-order chi connectivity index (χ1) is 35.9. The third-order valence-electron chi connectivity index (χ3n) is 15.2. The molecule has 4 aromatic rings. The number of rotatable bonds is 15. The van der Waals surface area contributed by atoms with Gasteiger partial charge in [0.1, 0.15) is 30.0 Å². The number of aromatic hydroxyl groups is 2. The van der Waals surface area contributed by atoms with Crippen LogP contribution in [0.4, 0.5) is 0 Å². The van der Waals surface area contributed by atoms with Crippen molar-refractivity contribution in [3.63, 3.8) is 0 Å². The molecule has 5 N–H and O–H groups in total. The number of aromatic nitrogens is 1. The minimum Gasteiger partial charge on any atom is -0.492 e. The van der Waals surface area contributed by atoms with E-state index in [2.05, 4.69) is 5.32 Å². The van der Waals surface area contributed by atoms with Crippen LogP contribution in [0.15, 0.2) is 114 Å². The largest absolute Gasteiger partial charge is 0.492 e. The van der Waals surface area contributed by atoms with Gasteiger partial charge in [-0.3, -0.25) is 24.0 Å².